The fourth-order valence-corrected chi connectivity index (χ4v) is 3.25. The van der Waals surface area contributed by atoms with Crippen LogP contribution in [0.2, 0.25) is 0 Å². The number of nitrogens with zero attached hydrogens (tertiary/aromatic N) is 1. The SMILES string of the molecule is Cc1cc(C)cc(OC(C)C(=O)N(C)C2CCCCC2O)c1. The molecule has 0 spiro atoms. The van der Waals surface area contributed by atoms with Crippen LogP contribution in [-0.2, 0) is 4.79 Å². The molecule has 3 unspecified atom stereocenters. The first kappa shape index (κ1) is 16.8. The van der Waals surface area contributed by atoms with E-state index < -0.39 is 12.2 Å². The molecule has 1 aliphatic carbocycles. The molecule has 0 aliphatic heterocycles. The molecule has 0 radical (unpaired) electrons. The second-order valence-electron chi connectivity index (χ2n) is 6.45. The van der Waals surface area contributed by atoms with E-state index in [1.54, 1.807) is 18.9 Å². The first-order chi connectivity index (χ1) is 10.4. The summed E-state index contributed by atoms with van der Waals surface area (Å²) < 4.78 is 5.81. The van der Waals surface area contributed by atoms with Crippen LogP contribution in [0.1, 0.15) is 43.7 Å². The van der Waals surface area contributed by atoms with Gasteiger partial charge in [0, 0.05) is 7.05 Å². The van der Waals surface area contributed by atoms with Gasteiger partial charge in [-0.1, -0.05) is 18.9 Å². The maximum Gasteiger partial charge on any atom is 0.263 e. The number of aliphatic hydroxyl groups is 1. The fraction of sp³-hybridized carbons (Fsp3) is 0.611. The quantitative estimate of drug-likeness (QED) is 0.930. The van der Waals surface area contributed by atoms with Crippen LogP contribution >= 0.6 is 0 Å². The Bertz CT molecular complexity index is 509. The molecule has 1 amide bonds. The number of amides is 1. The summed E-state index contributed by atoms with van der Waals surface area (Å²) in [5.74, 6) is 0.640. The number of carbonyl (C=O) groups excluding carboxylic acids is 1. The van der Waals surface area contributed by atoms with Crippen LogP contribution in [0.5, 0.6) is 5.75 Å². The lowest BCUT2D eigenvalue weighted by atomic mass is 9.91. The molecule has 1 fully saturated rings. The number of carbonyl (C=O) groups is 1. The number of aryl methyl sites for hydroxylation is 2. The Labute approximate surface area is 133 Å². The predicted octanol–water partition coefficient (Wildman–Crippen LogP) is 2.83. The Morgan fingerprint density at radius 1 is 1.23 bits per heavy atom. The molecular weight excluding hydrogens is 278 g/mol. The molecule has 1 aliphatic rings. The summed E-state index contributed by atoms with van der Waals surface area (Å²) in [5.41, 5.74) is 2.23. The zero-order chi connectivity index (χ0) is 16.3. The lowest BCUT2D eigenvalue weighted by molar-refractivity contribution is -0.142. The van der Waals surface area contributed by atoms with Crippen LogP contribution in [0.25, 0.3) is 0 Å². The van der Waals surface area contributed by atoms with Crippen molar-refractivity contribution < 1.29 is 14.6 Å². The molecule has 2 rings (SSSR count). The Kier molecular flexibility index (Phi) is 5.46. The molecule has 1 aromatic rings. The Balaban J connectivity index is 2.01. The standard InChI is InChI=1S/C18H27NO3/c1-12-9-13(2)11-15(10-12)22-14(3)18(21)19(4)16-7-5-6-8-17(16)20/h9-11,14,16-17,20H,5-8H2,1-4H3. The van der Waals surface area contributed by atoms with Crippen LogP contribution < -0.4 is 4.74 Å². The maximum absolute atomic E-state index is 12.6. The molecule has 1 saturated carbocycles. The number of benzene rings is 1. The van der Waals surface area contributed by atoms with Crippen LogP contribution in [0, 0.1) is 13.8 Å². The van der Waals surface area contributed by atoms with Crippen molar-refractivity contribution in [3.8, 4) is 5.75 Å². The first-order valence-electron chi connectivity index (χ1n) is 8.08. The lowest BCUT2D eigenvalue weighted by Gasteiger charge is -2.36. The van der Waals surface area contributed by atoms with Crippen molar-refractivity contribution >= 4 is 5.91 Å². The van der Waals surface area contributed by atoms with Gasteiger partial charge in [0.05, 0.1) is 12.1 Å². The van der Waals surface area contributed by atoms with Crippen LogP contribution in [0.3, 0.4) is 0 Å². The molecule has 4 nitrogen and oxygen atoms in total. The van der Waals surface area contributed by atoms with Gasteiger partial charge >= 0.3 is 0 Å². The van der Waals surface area contributed by atoms with E-state index in [4.69, 9.17) is 4.74 Å². The molecule has 0 heterocycles. The molecule has 0 aromatic heterocycles. The highest BCUT2D eigenvalue weighted by atomic mass is 16.5. The number of hydrogen-bond donors (Lipinski definition) is 1. The van der Waals surface area contributed by atoms with Gasteiger partial charge in [0.1, 0.15) is 5.75 Å². The van der Waals surface area contributed by atoms with Gasteiger partial charge in [0.25, 0.3) is 5.91 Å². The lowest BCUT2D eigenvalue weighted by Crippen LogP contribution is -2.50. The summed E-state index contributed by atoms with van der Waals surface area (Å²) in [4.78, 5) is 14.2. The number of aliphatic hydroxyl groups excluding tert-OH is 1. The average molecular weight is 305 g/mol. The first-order valence-corrected chi connectivity index (χ1v) is 8.08. The van der Waals surface area contributed by atoms with E-state index in [9.17, 15) is 9.90 Å². The molecule has 1 aromatic carbocycles. The summed E-state index contributed by atoms with van der Waals surface area (Å²) >= 11 is 0. The molecule has 3 atom stereocenters. The number of rotatable bonds is 4. The molecule has 0 saturated heterocycles. The van der Waals surface area contributed by atoms with Crippen molar-refractivity contribution in [2.45, 2.75) is 64.7 Å². The van der Waals surface area contributed by atoms with Crippen LogP contribution in [0.15, 0.2) is 18.2 Å². The van der Waals surface area contributed by atoms with Gasteiger partial charge in [0.15, 0.2) is 6.10 Å². The monoisotopic (exact) mass is 305 g/mol. The molecule has 4 heteroatoms. The van der Waals surface area contributed by atoms with E-state index >= 15 is 0 Å². The van der Waals surface area contributed by atoms with E-state index in [1.165, 1.54) is 0 Å². The van der Waals surface area contributed by atoms with Crippen LogP contribution in [-0.4, -0.2) is 41.2 Å². The fourth-order valence-electron chi connectivity index (χ4n) is 3.25. The minimum absolute atomic E-state index is 0.0786. The minimum Gasteiger partial charge on any atom is -0.481 e. The van der Waals surface area contributed by atoms with E-state index in [2.05, 4.69) is 6.07 Å². The van der Waals surface area contributed by atoms with Gasteiger partial charge in [-0.05, 0) is 56.9 Å². The second-order valence-corrected chi connectivity index (χ2v) is 6.45. The zero-order valence-electron chi connectivity index (χ0n) is 14.0. The van der Waals surface area contributed by atoms with Gasteiger partial charge < -0.3 is 14.7 Å². The molecule has 22 heavy (non-hydrogen) atoms. The molecular formula is C18H27NO3. The third-order valence-electron chi connectivity index (χ3n) is 4.39. The Morgan fingerprint density at radius 2 is 1.82 bits per heavy atom. The number of hydrogen-bond acceptors (Lipinski definition) is 3. The second kappa shape index (κ2) is 7.14. The van der Waals surface area contributed by atoms with E-state index in [0.717, 1.165) is 42.6 Å². The summed E-state index contributed by atoms with van der Waals surface area (Å²) in [7, 11) is 1.77. The summed E-state index contributed by atoms with van der Waals surface area (Å²) in [6, 6.07) is 5.86. The smallest absolute Gasteiger partial charge is 0.263 e. The van der Waals surface area contributed by atoms with Gasteiger partial charge in [-0.3, -0.25) is 4.79 Å². The van der Waals surface area contributed by atoms with Crippen molar-refractivity contribution in [1.82, 2.24) is 4.90 Å². The van der Waals surface area contributed by atoms with Crippen molar-refractivity contribution in [3.63, 3.8) is 0 Å². The van der Waals surface area contributed by atoms with E-state index in [-0.39, 0.29) is 11.9 Å². The highest BCUT2D eigenvalue weighted by Crippen LogP contribution is 2.24. The van der Waals surface area contributed by atoms with Crippen LogP contribution in [0.4, 0.5) is 0 Å². The van der Waals surface area contributed by atoms with E-state index in [0.29, 0.717) is 0 Å². The highest BCUT2D eigenvalue weighted by molar-refractivity contribution is 5.81. The normalized spacial score (nSPS) is 23.0. The van der Waals surface area contributed by atoms with Gasteiger partial charge in [-0.2, -0.15) is 0 Å². The van der Waals surface area contributed by atoms with E-state index in [1.807, 2.05) is 26.0 Å². The number of likely N-dealkylation sites (N-methyl/N-ethyl adjacent to an activating group) is 1. The van der Waals surface area contributed by atoms with Gasteiger partial charge in [0.2, 0.25) is 0 Å². The topological polar surface area (TPSA) is 49.8 Å². The third kappa shape index (κ3) is 4.01. The zero-order valence-corrected chi connectivity index (χ0v) is 14.0. The molecule has 122 valence electrons. The number of ether oxygens (including phenoxy) is 1. The third-order valence-corrected chi connectivity index (χ3v) is 4.39. The molecule has 1 N–H and O–H groups in total. The van der Waals surface area contributed by atoms with Gasteiger partial charge in [-0.25, -0.2) is 0 Å². The maximum atomic E-state index is 12.6. The highest BCUT2D eigenvalue weighted by Gasteiger charge is 2.31. The summed E-state index contributed by atoms with van der Waals surface area (Å²) in [6.07, 6.45) is 2.75. The van der Waals surface area contributed by atoms with Crippen molar-refractivity contribution in [2.24, 2.45) is 0 Å². The summed E-state index contributed by atoms with van der Waals surface area (Å²) in [5, 5.41) is 10.1. The van der Waals surface area contributed by atoms with Crippen molar-refractivity contribution in [3.05, 3.63) is 29.3 Å². The predicted molar refractivity (Wildman–Crippen MR) is 87.0 cm³/mol. The molecule has 0 bridgehead atoms. The Morgan fingerprint density at radius 3 is 2.41 bits per heavy atom. The van der Waals surface area contributed by atoms with Crippen molar-refractivity contribution in [1.29, 1.82) is 0 Å². The summed E-state index contributed by atoms with van der Waals surface area (Å²) in [6.45, 7) is 5.79. The average Bonchev–Trinajstić information content (AvgIpc) is 2.45. The van der Waals surface area contributed by atoms with Crippen molar-refractivity contribution in [2.75, 3.05) is 7.05 Å². The largest absolute Gasteiger partial charge is 0.481 e. The minimum atomic E-state index is -0.555. The Hall–Kier alpha value is -1.55. The van der Waals surface area contributed by atoms with Gasteiger partial charge in [-0.15, -0.1) is 0 Å².